The summed E-state index contributed by atoms with van der Waals surface area (Å²) in [5.41, 5.74) is -1.02. The van der Waals surface area contributed by atoms with E-state index >= 15 is 0 Å². The third-order valence-corrected chi connectivity index (χ3v) is 2.54. The number of halogens is 1. The smallest absolute Gasteiger partial charge is 0.288 e. The molecular formula is C10H5BrN2O4. The Morgan fingerprint density at radius 1 is 1.59 bits per heavy atom. The Morgan fingerprint density at radius 2 is 2.24 bits per heavy atom. The average Bonchev–Trinajstić information content (AvgIpc) is 2.35. The van der Waals surface area contributed by atoms with Crippen LogP contribution in [0.5, 0.6) is 0 Å². The van der Waals surface area contributed by atoms with E-state index < -0.39 is 16.4 Å². The number of nitrogens with zero attached hydrogens (tertiary/aromatic N) is 2. The van der Waals surface area contributed by atoms with Gasteiger partial charge in [-0.1, -0.05) is 15.9 Å². The number of hydrogen-bond donors (Lipinski definition) is 0. The summed E-state index contributed by atoms with van der Waals surface area (Å²) in [5, 5.41) is 19.5. The van der Waals surface area contributed by atoms with Gasteiger partial charge in [0.2, 0.25) is 0 Å². The first-order valence-electron chi connectivity index (χ1n) is 4.32. The minimum Gasteiger partial charge on any atom is -0.298 e. The third-order valence-electron chi connectivity index (χ3n) is 2.03. The molecule has 1 aromatic rings. The zero-order valence-electron chi connectivity index (χ0n) is 8.34. The summed E-state index contributed by atoms with van der Waals surface area (Å²) in [6.45, 7) is 0. The Balaban J connectivity index is 3.58. The van der Waals surface area contributed by atoms with E-state index in [1.54, 1.807) is 6.07 Å². The van der Waals surface area contributed by atoms with Crippen molar-refractivity contribution < 1.29 is 14.5 Å². The van der Waals surface area contributed by atoms with Crippen LogP contribution in [0, 0.1) is 21.4 Å². The van der Waals surface area contributed by atoms with Crippen LogP contribution in [-0.4, -0.2) is 22.3 Å². The van der Waals surface area contributed by atoms with Gasteiger partial charge in [0.15, 0.2) is 12.1 Å². The molecule has 86 valence electrons. The second-order valence-corrected chi connectivity index (χ2v) is 3.56. The standard InChI is InChI=1S/C10H5BrN2O4/c11-3-10(15)6-1-7(5-14)8(4-12)9(2-6)13(16)17/h1-2,5H,3H2. The maximum absolute atomic E-state index is 11.4. The lowest BCUT2D eigenvalue weighted by Gasteiger charge is -2.02. The Morgan fingerprint density at radius 3 is 2.65 bits per heavy atom. The Kier molecular flexibility index (Phi) is 4.06. The van der Waals surface area contributed by atoms with Crippen molar-refractivity contribution in [1.82, 2.24) is 0 Å². The minimum atomic E-state index is -0.795. The number of carbonyl (C=O) groups is 2. The lowest BCUT2D eigenvalue weighted by molar-refractivity contribution is -0.385. The monoisotopic (exact) mass is 296 g/mol. The van der Waals surface area contributed by atoms with Gasteiger partial charge in [0.25, 0.3) is 5.69 Å². The normalized spacial score (nSPS) is 9.41. The summed E-state index contributed by atoms with van der Waals surface area (Å²) in [7, 11) is 0. The number of alkyl halides is 1. The van der Waals surface area contributed by atoms with Crippen molar-refractivity contribution in [3.05, 3.63) is 38.9 Å². The van der Waals surface area contributed by atoms with E-state index in [9.17, 15) is 19.7 Å². The summed E-state index contributed by atoms with van der Waals surface area (Å²) >= 11 is 2.92. The zero-order chi connectivity index (χ0) is 13.0. The van der Waals surface area contributed by atoms with Crippen LogP contribution in [0.3, 0.4) is 0 Å². The molecule has 0 saturated carbocycles. The van der Waals surface area contributed by atoms with E-state index in [2.05, 4.69) is 15.9 Å². The highest BCUT2D eigenvalue weighted by molar-refractivity contribution is 9.09. The van der Waals surface area contributed by atoms with Crippen molar-refractivity contribution in [3.63, 3.8) is 0 Å². The van der Waals surface area contributed by atoms with Crippen molar-refractivity contribution in [2.75, 3.05) is 5.33 Å². The second kappa shape index (κ2) is 5.32. The molecule has 0 spiro atoms. The Labute approximate surface area is 104 Å². The van der Waals surface area contributed by atoms with Gasteiger partial charge < -0.3 is 0 Å². The molecule has 0 amide bonds. The third kappa shape index (κ3) is 2.54. The van der Waals surface area contributed by atoms with E-state index in [0.29, 0.717) is 6.29 Å². The van der Waals surface area contributed by atoms with Crippen molar-refractivity contribution in [2.45, 2.75) is 0 Å². The van der Waals surface area contributed by atoms with Gasteiger partial charge in [-0.2, -0.15) is 5.26 Å². The van der Waals surface area contributed by atoms with Crippen LogP contribution in [0.4, 0.5) is 5.69 Å². The quantitative estimate of drug-likeness (QED) is 0.277. The first kappa shape index (κ1) is 13.0. The molecule has 0 fully saturated rings. The van der Waals surface area contributed by atoms with E-state index in [4.69, 9.17) is 5.26 Å². The van der Waals surface area contributed by atoms with Gasteiger partial charge in [-0.3, -0.25) is 19.7 Å². The molecule has 7 heteroatoms. The lowest BCUT2D eigenvalue weighted by atomic mass is 10.0. The minimum absolute atomic E-state index is 0.0195. The largest absolute Gasteiger partial charge is 0.298 e. The molecule has 6 nitrogen and oxygen atoms in total. The van der Waals surface area contributed by atoms with Gasteiger partial charge in [0, 0.05) is 17.2 Å². The van der Waals surface area contributed by atoms with Crippen LogP contribution in [-0.2, 0) is 0 Å². The van der Waals surface area contributed by atoms with E-state index in [1.807, 2.05) is 0 Å². The number of Topliss-reactive ketones (excluding diaryl/α,β-unsaturated/α-hetero) is 1. The van der Waals surface area contributed by atoms with Crippen LogP contribution in [0.25, 0.3) is 0 Å². The van der Waals surface area contributed by atoms with Crippen LogP contribution >= 0.6 is 15.9 Å². The number of hydrogen-bond acceptors (Lipinski definition) is 5. The number of benzene rings is 1. The molecule has 0 aromatic heterocycles. The van der Waals surface area contributed by atoms with Crippen molar-refractivity contribution in [3.8, 4) is 6.07 Å². The average molecular weight is 297 g/mol. The summed E-state index contributed by atoms with van der Waals surface area (Å²) < 4.78 is 0. The molecule has 1 rings (SSSR count). The molecule has 0 radical (unpaired) electrons. The number of carbonyl (C=O) groups excluding carboxylic acids is 2. The fourth-order valence-electron chi connectivity index (χ4n) is 1.25. The molecule has 0 N–H and O–H groups in total. The summed E-state index contributed by atoms with van der Waals surface area (Å²) in [5.74, 6) is -0.402. The van der Waals surface area contributed by atoms with Gasteiger partial charge in [-0.05, 0) is 6.07 Å². The maximum Gasteiger partial charge on any atom is 0.288 e. The fraction of sp³-hybridized carbons (Fsp3) is 0.100. The molecule has 0 aliphatic carbocycles. The number of nitriles is 1. The molecule has 0 saturated heterocycles. The summed E-state index contributed by atoms with van der Waals surface area (Å²) in [4.78, 5) is 32.0. The first-order valence-corrected chi connectivity index (χ1v) is 5.44. The highest BCUT2D eigenvalue weighted by Crippen LogP contribution is 2.23. The van der Waals surface area contributed by atoms with Gasteiger partial charge in [-0.25, -0.2) is 0 Å². The van der Waals surface area contributed by atoms with Gasteiger partial charge in [0.1, 0.15) is 11.6 Å². The first-order chi connectivity index (χ1) is 8.04. The number of nitro benzene ring substituents is 1. The van der Waals surface area contributed by atoms with Gasteiger partial charge >= 0.3 is 0 Å². The van der Waals surface area contributed by atoms with Crippen LogP contribution < -0.4 is 0 Å². The number of ketones is 1. The molecule has 0 bridgehead atoms. The number of nitro groups is 1. The molecular weight excluding hydrogens is 292 g/mol. The van der Waals surface area contributed by atoms with Gasteiger partial charge in [-0.15, -0.1) is 0 Å². The van der Waals surface area contributed by atoms with Crippen molar-refractivity contribution in [1.29, 1.82) is 5.26 Å². The predicted molar refractivity (Wildman–Crippen MR) is 61.3 cm³/mol. The van der Waals surface area contributed by atoms with E-state index in [1.165, 1.54) is 6.07 Å². The summed E-state index contributed by atoms with van der Waals surface area (Å²) in [6, 6.07) is 3.75. The van der Waals surface area contributed by atoms with E-state index in [0.717, 1.165) is 6.07 Å². The maximum atomic E-state index is 11.4. The van der Waals surface area contributed by atoms with Crippen molar-refractivity contribution >= 4 is 33.7 Å². The molecule has 0 aliphatic heterocycles. The van der Waals surface area contributed by atoms with Crippen LogP contribution in [0.1, 0.15) is 26.3 Å². The Bertz CT molecular complexity index is 548. The lowest BCUT2D eigenvalue weighted by Crippen LogP contribution is -2.05. The molecule has 0 atom stereocenters. The van der Waals surface area contributed by atoms with Crippen LogP contribution in [0.15, 0.2) is 12.1 Å². The molecule has 0 unspecified atom stereocenters. The van der Waals surface area contributed by atoms with Crippen LogP contribution in [0.2, 0.25) is 0 Å². The number of aldehydes is 1. The Hall–Kier alpha value is -2.07. The fourth-order valence-corrected chi connectivity index (χ4v) is 1.57. The van der Waals surface area contributed by atoms with Gasteiger partial charge in [0.05, 0.1) is 10.3 Å². The summed E-state index contributed by atoms with van der Waals surface area (Å²) in [6.07, 6.45) is 0.316. The highest BCUT2D eigenvalue weighted by Gasteiger charge is 2.21. The highest BCUT2D eigenvalue weighted by atomic mass is 79.9. The SMILES string of the molecule is N#Cc1c(C=O)cc(C(=O)CBr)cc1[N+](=O)[O-]. The molecule has 1 aromatic carbocycles. The molecule has 0 aliphatic rings. The zero-order valence-corrected chi connectivity index (χ0v) is 9.93. The van der Waals surface area contributed by atoms with Crippen molar-refractivity contribution in [2.24, 2.45) is 0 Å². The predicted octanol–water partition coefficient (Wildman–Crippen LogP) is 1.86. The topological polar surface area (TPSA) is 101 Å². The molecule has 0 heterocycles. The van der Waals surface area contributed by atoms with E-state index in [-0.39, 0.29) is 22.0 Å². The number of rotatable bonds is 4. The molecule has 17 heavy (non-hydrogen) atoms. The second-order valence-electron chi connectivity index (χ2n) is 3.00.